The molecule has 2 amide bonds. The van der Waals surface area contributed by atoms with E-state index in [1.165, 1.54) is 24.3 Å². The van der Waals surface area contributed by atoms with Crippen LogP contribution in [-0.4, -0.2) is 34.7 Å². The zero-order valence-electron chi connectivity index (χ0n) is 18.9. The predicted molar refractivity (Wildman–Crippen MR) is 128 cm³/mol. The normalized spacial score (nSPS) is 10.7. The molecule has 0 unspecified atom stereocenters. The molecular formula is C25H24FN3O4S. The molecule has 0 saturated carbocycles. The summed E-state index contributed by atoms with van der Waals surface area (Å²) in [4.78, 5) is 38.3. The second-order valence-electron chi connectivity index (χ2n) is 7.86. The van der Waals surface area contributed by atoms with E-state index < -0.39 is 16.6 Å². The van der Waals surface area contributed by atoms with Crippen LogP contribution in [0.4, 0.5) is 10.1 Å². The van der Waals surface area contributed by atoms with E-state index in [1.807, 2.05) is 13.8 Å². The van der Waals surface area contributed by atoms with Crippen molar-refractivity contribution in [3.63, 3.8) is 0 Å². The van der Waals surface area contributed by atoms with Crippen LogP contribution in [0.15, 0.2) is 76.5 Å². The minimum Gasteiger partial charge on any atom is -0.348 e. The van der Waals surface area contributed by atoms with Crippen molar-refractivity contribution in [1.29, 1.82) is 0 Å². The predicted octanol–water partition coefficient (Wildman–Crippen LogP) is 5.30. The number of hydrogen-bond donors (Lipinski definition) is 1. The van der Waals surface area contributed by atoms with Crippen LogP contribution in [0.25, 0.3) is 0 Å². The molecule has 0 heterocycles. The first-order valence-electron chi connectivity index (χ1n) is 10.5. The zero-order chi connectivity index (χ0) is 24.8. The van der Waals surface area contributed by atoms with E-state index in [-0.39, 0.29) is 29.7 Å². The van der Waals surface area contributed by atoms with Gasteiger partial charge in [-0.15, -0.1) is 0 Å². The van der Waals surface area contributed by atoms with Gasteiger partial charge in [-0.3, -0.25) is 19.7 Å². The Balaban J connectivity index is 1.77. The summed E-state index contributed by atoms with van der Waals surface area (Å²) in [5, 5.41) is 14.0. The Labute approximate surface area is 201 Å². The van der Waals surface area contributed by atoms with E-state index in [1.54, 1.807) is 54.4 Å². The van der Waals surface area contributed by atoms with E-state index >= 15 is 0 Å². The maximum absolute atomic E-state index is 14.1. The van der Waals surface area contributed by atoms with Crippen LogP contribution in [0.2, 0.25) is 0 Å². The topological polar surface area (TPSA) is 92.6 Å². The Morgan fingerprint density at radius 2 is 1.74 bits per heavy atom. The smallest absolute Gasteiger partial charge is 0.270 e. The van der Waals surface area contributed by atoms with Crippen molar-refractivity contribution in [3.8, 4) is 0 Å². The number of amides is 2. The number of rotatable bonds is 8. The van der Waals surface area contributed by atoms with Crippen LogP contribution >= 0.6 is 11.8 Å². The Kier molecular flexibility index (Phi) is 8.01. The Morgan fingerprint density at radius 3 is 2.35 bits per heavy atom. The third-order valence-electron chi connectivity index (χ3n) is 5.22. The van der Waals surface area contributed by atoms with Gasteiger partial charge in [-0.25, -0.2) is 4.39 Å². The van der Waals surface area contributed by atoms with Crippen molar-refractivity contribution in [2.45, 2.75) is 36.2 Å². The lowest BCUT2D eigenvalue weighted by molar-refractivity contribution is -0.384. The molecule has 34 heavy (non-hydrogen) atoms. The molecule has 3 aromatic rings. The van der Waals surface area contributed by atoms with Gasteiger partial charge in [0, 0.05) is 47.1 Å². The third-order valence-corrected chi connectivity index (χ3v) is 6.35. The summed E-state index contributed by atoms with van der Waals surface area (Å²) >= 11 is 1.02. The van der Waals surface area contributed by atoms with Crippen LogP contribution in [0.5, 0.6) is 0 Å². The maximum atomic E-state index is 14.1. The Morgan fingerprint density at radius 1 is 1.06 bits per heavy atom. The molecule has 0 fully saturated rings. The van der Waals surface area contributed by atoms with Crippen LogP contribution in [0.1, 0.15) is 40.1 Å². The maximum Gasteiger partial charge on any atom is 0.270 e. The van der Waals surface area contributed by atoms with Crippen LogP contribution in [-0.2, 0) is 6.54 Å². The number of nitrogens with one attached hydrogen (secondary N) is 1. The first-order valence-corrected chi connectivity index (χ1v) is 11.3. The monoisotopic (exact) mass is 481 g/mol. The minimum absolute atomic E-state index is 0.0674. The molecule has 0 aromatic heterocycles. The van der Waals surface area contributed by atoms with Gasteiger partial charge < -0.3 is 10.2 Å². The minimum atomic E-state index is -0.585. The number of non-ortho nitro benzene ring substituents is 1. The fraction of sp³-hybridized carbons (Fsp3) is 0.200. The highest BCUT2D eigenvalue weighted by atomic mass is 32.2. The van der Waals surface area contributed by atoms with Gasteiger partial charge in [-0.05, 0) is 49.7 Å². The molecule has 0 aliphatic carbocycles. The van der Waals surface area contributed by atoms with E-state index in [9.17, 15) is 24.1 Å². The molecule has 0 saturated heterocycles. The molecule has 0 atom stereocenters. The van der Waals surface area contributed by atoms with E-state index in [0.717, 1.165) is 17.3 Å². The molecule has 176 valence electrons. The number of halogens is 1. The molecule has 7 nitrogen and oxygen atoms in total. The highest BCUT2D eigenvalue weighted by molar-refractivity contribution is 7.99. The molecule has 1 N–H and O–H groups in total. The van der Waals surface area contributed by atoms with Gasteiger partial charge in [0.05, 0.1) is 10.5 Å². The highest BCUT2D eigenvalue weighted by Crippen LogP contribution is 2.34. The summed E-state index contributed by atoms with van der Waals surface area (Å²) < 4.78 is 14.1. The van der Waals surface area contributed by atoms with Gasteiger partial charge >= 0.3 is 0 Å². The van der Waals surface area contributed by atoms with Crippen molar-refractivity contribution < 1.29 is 18.9 Å². The number of nitrogens with zero attached hydrogens (tertiary/aromatic N) is 2. The summed E-state index contributed by atoms with van der Waals surface area (Å²) in [6, 6.07) is 16.9. The number of nitro benzene ring substituents is 1. The van der Waals surface area contributed by atoms with Crippen LogP contribution < -0.4 is 5.32 Å². The second kappa shape index (κ2) is 10.9. The lowest BCUT2D eigenvalue weighted by Crippen LogP contribution is -2.32. The number of nitro groups is 1. The van der Waals surface area contributed by atoms with Crippen molar-refractivity contribution in [3.05, 3.63) is 99.4 Å². The average Bonchev–Trinajstić information content (AvgIpc) is 2.83. The van der Waals surface area contributed by atoms with E-state index in [0.29, 0.717) is 15.4 Å². The number of benzene rings is 3. The summed E-state index contributed by atoms with van der Waals surface area (Å²) in [6.07, 6.45) is 0. The van der Waals surface area contributed by atoms with Crippen LogP contribution in [0, 0.1) is 15.9 Å². The molecule has 0 spiro atoms. The Hall–Kier alpha value is -3.72. The summed E-state index contributed by atoms with van der Waals surface area (Å²) in [6.45, 7) is 4.00. The molecule has 0 aliphatic heterocycles. The third kappa shape index (κ3) is 5.99. The SMILES string of the molecule is CC(C)N(C)C(=O)c1ccc(CNC(=O)c2cc([N+](=O)[O-])ccc2Sc2ccccc2F)cc1. The molecule has 9 heteroatoms. The Bertz CT molecular complexity index is 1220. The van der Waals surface area contributed by atoms with Gasteiger partial charge in [-0.1, -0.05) is 36.0 Å². The highest BCUT2D eigenvalue weighted by Gasteiger charge is 2.19. The first-order chi connectivity index (χ1) is 16.2. The quantitative estimate of drug-likeness (QED) is 0.348. The molecule has 0 radical (unpaired) electrons. The first kappa shape index (κ1) is 24.9. The molecule has 3 aromatic carbocycles. The van der Waals surface area contributed by atoms with Gasteiger partial charge in [0.25, 0.3) is 17.5 Å². The average molecular weight is 482 g/mol. The number of hydrogen-bond acceptors (Lipinski definition) is 5. The standard InChI is InChI=1S/C25H24FN3O4S/c1-16(2)28(3)25(31)18-10-8-17(9-11-18)15-27-24(30)20-14-19(29(32)33)12-13-22(20)34-23-7-5-4-6-21(23)26/h4-14,16H,15H2,1-3H3,(H,27,30). The lowest BCUT2D eigenvalue weighted by Gasteiger charge is -2.21. The van der Waals surface area contributed by atoms with E-state index in [4.69, 9.17) is 0 Å². The van der Waals surface area contributed by atoms with Crippen molar-refractivity contribution in [2.24, 2.45) is 0 Å². The van der Waals surface area contributed by atoms with Crippen molar-refractivity contribution in [1.82, 2.24) is 10.2 Å². The van der Waals surface area contributed by atoms with Crippen molar-refractivity contribution in [2.75, 3.05) is 7.05 Å². The fourth-order valence-corrected chi connectivity index (χ4v) is 3.97. The van der Waals surface area contributed by atoms with Gasteiger partial charge in [0.2, 0.25) is 0 Å². The number of carbonyl (C=O) groups excluding carboxylic acids is 2. The molecule has 0 bridgehead atoms. The fourth-order valence-electron chi connectivity index (χ4n) is 3.02. The summed E-state index contributed by atoms with van der Waals surface area (Å²) in [5.74, 6) is -1.07. The zero-order valence-corrected chi connectivity index (χ0v) is 19.8. The summed E-state index contributed by atoms with van der Waals surface area (Å²) in [7, 11) is 1.73. The second-order valence-corrected chi connectivity index (χ2v) is 8.94. The molecule has 3 rings (SSSR count). The lowest BCUT2D eigenvalue weighted by atomic mass is 10.1. The van der Waals surface area contributed by atoms with Gasteiger partial charge in [0.15, 0.2) is 0 Å². The van der Waals surface area contributed by atoms with Crippen LogP contribution in [0.3, 0.4) is 0 Å². The largest absolute Gasteiger partial charge is 0.348 e. The molecular weight excluding hydrogens is 457 g/mol. The van der Waals surface area contributed by atoms with E-state index in [2.05, 4.69) is 5.32 Å². The van der Waals surface area contributed by atoms with Gasteiger partial charge in [-0.2, -0.15) is 0 Å². The van der Waals surface area contributed by atoms with Crippen molar-refractivity contribution >= 4 is 29.3 Å². The summed E-state index contributed by atoms with van der Waals surface area (Å²) in [5.41, 5.74) is 1.13. The van der Waals surface area contributed by atoms with Gasteiger partial charge in [0.1, 0.15) is 5.82 Å². The molecule has 0 aliphatic rings. The number of carbonyl (C=O) groups is 2.